The predicted molar refractivity (Wildman–Crippen MR) is 90.9 cm³/mol. The highest BCUT2D eigenvalue weighted by atomic mass is 16.5. The number of nitrogens with zero attached hydrogens (tertiary/aromatic N) is 1. The lowest BCUT2D eigenvalue weighted by molar-refractivity contribution is 0.116. The number of methoxy groups -OCH3 is 1. The van der Waals surface area contributed by atoms with Gasteiger partial charge in [-0.1, -0.05) is 42.8 Å². The van der Waals surface area contributed by atoms with E-state index in [4.69, 9.17) is 14.2 Å². The van der Waals surface area contributed by atoms with Crippen LogP contribution in [-0.4, -0.2) is 25.3 Å². The van der Waals surface area contributed by atoms with E-state index < -0.39 is 0 Å². The third-order valence-corrected chi connectivity index (χ3v) is 3.45. The molecule has 0 aliphatic rings. The van der Waals surface area contributed by atoms with Gasteiger partial charge in [0.2, 0.25) is 11.8 Å². The van der Waals surface area contributed by atoms with Crippen LogP contribution in [0.4, 0.5) is 0 Å². The molecule has 0 radical (unpaired) electrons. The second-order valence-corrected chi connectivity index (χ2v) is 5.32. The largest absolute Gasteiger partial charge is 0.481 e. The standard InChI is InChI=1S/C19H25NO3/c1-21-18-12-9-13-19(20-18)23-15-8-3-2-7-14-22-16-17-10-5-4-6-11-17/h4-6,9-13H,2-3,7-8,14-16H2,1H3. The zero-order chi connectivity index (χ0) is 16.2. The molecule has 0 aliphatic carbocycles. The van der Waals surface area contributed by atoms with E-state index in [0.29, 0.717) is 25.0 Å². The lowest BCUT2D eigenvalue weighted by Crippen LogP contribution is -2.00. The summed E-state index contributed by atoms with van der Waals surface area (Å²) in [5, 5.41) is 0. The van der Waals surface area contributed by atoms with Crippen LogP contribution in [0.1, 0.15) is 31.2 Å². The van der Waals surface area contributed by atoms with Gasteiger partial charge in [0, 0.05) is 18.7 Å². The topological polar surface area (TPSA) is 40.6 Å². The first kappa shape index (κ1) is 17.3. The molecular weight excluding hydrogens is 290 g/mol. The molecule has 0 saturated heterocycles. The SMILES string of the molecule is COc1cccc(OCCCCCCOCc2ccccc2)n1. The van der Waals surface area contributed by atoms with Crippen LogP contribution in [0.15, 0.2) is 48.5 Å². The molecule has 0 atom stereocenters. The normalized spacial score (nSPS) is 10.5. The van der Waals surface area contributed by atoms with Gasteiger partial charge in [-0.2, -0.15) is 4.98 Å². The summed E-state index contributed by atoms with van der Waals surface area (Å²) in [6.45, 7) is 2.20. The van der Waals surface area contributed by atoms with Gasteiger partial charge in [0.15, 0.2) is 0 Å². The van der Waals surface area contributed by atoms with E-state index >= 15 is 0 Å². The maximum Gasteiger partial charge on any atom is 0.216 e. The summed E-state index contributed by atoms with van der Waals surface area (Å²) in [6.07, 6.45) is 4.41. The maximum absolute atomic E-state index is 5.67. The average molecular weight is 315 g/mol. The van der Waals surface area contributed by atoms with E-state index in [-0.39, 0.29) is 0 Å². The quantitative estimate of drug-likeness (QED) is 0.581. The number of benzene rings is 1. The summed E-state index contributed by atoms with van der Waals surface area (Å²) in [7, 11) is 1.60. The van der Waals surface area contributed by atoms with Crippen molar-refractivity contribution in [3.63, 3.8) is 0 Å². The monoisotopic (exact) mass is 315 g/mol. The molecule has 0 fully saturated rings. The molecule has 2 rings (SSSR count). The van der Waals surface area contributed by atoms with Gasteiger partial charge in [0.25, 0.3) is 0 Å². The Kier molecular flexibility index (Phi) is 7.98. The highest BCUT2D eigenvalue weighted by Gasteiger charge is 1.98. The molecule has 0 amide bonds. The van der Waals surface area contributed by atoms with E-state index in [0.717, 1.165) is 32.3 Å². The van der Waals surface area contributed by atoms with Gasteiger partial charge in [-0.25, -0.2) is 0 Å². The Hall–Kier alpha value is -2.07. The fourth-order valence-electron chi connectivity index (χ4n) is 2.19. The van der Waals surface area contributed by atoms with Gasteiger partial charge in [-0.3, -0.25) is 0 Å². The molecule has 23 heavy (non-hydrogen) atoms. The predicted octanol–water partition coefficient (Wildman–Crippen LogP) is 4.25. The molecule has 0 spiro atoms. The summed E-state index contributed by atoms with van der Waals surface area (Å²) < 4.78 is 16.3. The molecule has 0 aliphatic heterocycles. The van der Waals surface area contributed by atoms with Gasteiger partial charge in [-0.05, 0) is 24.8 Å². The average Bonchev–Trinajstić information content (AvgIpc) is 2.61. The van der Waals surface area contributed by atoms with Crippen molar-refractivity contribution in [3.8, 4) is 11.8 Å². The number of aromatic nitrogens is 1. The Morgan fingerprint density at radius 3 is 2.30 bits per heavy atom. The van der Waals surface area contributed by atoms with Crippen molar-refractivity contribution >= 4 is 0 Å². The molecule has 0 unspecified atom stereocenters. The van der Waals surface area contributed by atoms with Crippen LogP contribution in [0.5, 0.6) is 11.8 Å². The number of hydrogen-bond acceptors (Lipinski definition) is 4. The number of ether oxygens (including phenoxy) is 3. The van der Waals surface area contributed by atoms with E-state index in [1.54, 1.807) is 7.11 Å². The van der Waals surface area contributed by atoms with E-state index in [9.17, 15) is 0 Å². The Bertz CT molecular complexity index is 545. The number of pyridine rings is 1. The Morgan fingerprint density at radius 1 is 0.783 bits per heavy atom. The highest BCUT2D eigenvalue weighted by molar-refractivity contribution is 5.19. The first-order valence-electron chi connectivity index (χ1n) is 8.14. The van der Waals surface area contributed by atoms with Crippen LogP contribution in [0.2, 0.25) is 0 Å². The van der Waals surface area contributed by atoms with Crippen LogP contribution in [-0.2, 0) is 11.3 Å². The van der Waals surface area contributed by atoms with Crippen LogP contribution in [0, 0.1) is 0 Å². The summed E-state index contributed by atoms with van der Waals surface area (Å²) in [4.78, 5) is 4.21. The van der Waals surface area contributed by atoms with E-state index in [1.165, 1.54) is 5.56 Å². The van der Waals surface area contributed by atoms with Crippen LogP contribution < -0.4 is 9.47 Å². The molecule has 0 N–H and O–H groups in total. The van der Waals surface area contributed by atoms with Crippen LogP contribution in [0.3, 0.4) is 0 Å². The van der Waals surface area contributed by atoms with Crippen molar-refractivity contribution in [2.24, 2.45) is 0 Å². The smallest absolute Gasteiger partial charge is 0.216 e. The third kappa shape index (κ3) is 7.15. The second-order valence-electron chi connectivity index (χ2n) is 5.32. The van der Waals surface area contributed by atoms with Gasteiger partial charge in [0.1, 0.15) is 0 Å². The zero-order valence-corrected chi connectivity index (χ0v) is 13.7. The molecule has 4 heteroatoms. The van der Waals surface area contributed by atoms with Gasteiger partial charge in [0.05, 0.1) is 20.3 Å². The third-order valence-electron chi connectivity index (χ3n) is 3.45. The van der Waals surface area contributed by atoms with Crippen molar-refractivity contribution in [2.45, 2.75) is 32.3 Å². The van der Waals surface area contributed by atoms with Crippen LogP contribution in [0.25, 0.3) is 0 Å². The van der Waals surface area contributed by atoms with Gasteiger partial charge >= 0.3 is 0 Å². The van der Waals surface area contributed by atoms with E-state index in [1.807, 2.05) is 36.4 Å². The minimum Gasteiger partial charge on any atom is -0.481 e. The molecule has 1 aromatic carbocycles. The molecule has 124 valence electrons. The minimum atomic E-state index is 0.582. The maximum atomic E-state index is 5.67. The number of unbranched alkanes of at least 4 members (excludes halogenated alkanes) is 3. The van der Waals surface area contributed by atoms with Gasteiger partial charge < -0.3 is 14.2 Å². The summed E-state index contributed by atoms with van der Waals surface area (Å²) in [5.74, 6) is 1.20. The molecule has 0 saturated carbocycles. The van der Waals surface area contributed by atoms with Crippen molar-refractivity contribution in [1.29, 1.82) is 0 Å². The second kappa shape index (κ2) is 10.6. The van der Waals surface area contributed by atoms with Crippen molar-refractivity contribution in [3.05, 3.63) is 54.1 Å². The first-order valence-corrected chi connectivity index (χ1v) is 8.14. The molecule has 4 nitrogen and oxygen atoms in total. The van der Waals surface area contributed by atoms with Crippen molar-refractivity contribution in [2.75, 3.05) is 20.3 Å². The summed E-state index contributed by atoms with van der Waals surface area (Å²) in [6, 6.07) is 15.8. The lowest BCUT2D eigenvalue weighted by Gasteiger charge is -2.07. The fraction of sp³-hybridized carbons (Fsp3) is 0.421. The van der Waals surface area contributed by atoms with Crippen molar-refractivity contribution < 1.29 is 14.2 Å². The minimum absolute atomic E-state index is 0.582. The molecule has 2 aromatic rings. The Morgan fingerprint density at radius 2 is 1.52 bits per heavy atom. The van der Waals surface area contributed by atoms with Crippen molar-refractivity contribution in [1.82, 2.24) is 4.98 Å². The molecule has 1 aromatic heterocycles. The summed E-state index contributed by atoms with van der Waals surface area (Å²) in [5.41, 5.74) is 1.23. The fourth-order valence-corrected chi connectivity index (χ4v) is 2.19. The van der Waals surface area contributed by atoms with Crippen LogP contribution >= 0.6 is 0 Å². The molecule has 1 heterocycles. The molecule has 0 bridgehead atoms. The first-order chi connectivity index (χ1) is 11.4. The number of rotatable bonds is 11. The Labute approximate surface area is 138 Å². The lowest BCUT2D eigenvalue weighted by atomic mass is 10.2. The Balaban J connectivity index is 1.45. The van der Waals surface area contributed by atoms with Gasteiger partial charge in [-0.15, -0.1) is 0 Å². The molecular formula is C19H25NO3. The highest BCUT2D eigenvalue weighted by Crippen LogP contribution is 2.13. The zero-order valence-electron chi connectivity index (χ0n) is 13.7. The van der Waals surface area contributed by atoms with E-state index in [2.05, 4.69) is 17.1 Å². The number of hydrogen-bond donors (Lipinski definition) is 0. The summed E-state index contributed by atoms with van der Waals surface area (Å²) >= 11 is 0.